The standard InChI is InChI=1S/C22H27FO3/c1-4-11-26-21-14-18-8-6-5-7-17(18)13-19(21)16(3)20(23)10-9-15(2)12-22(24)25/h9-10,12-14H,4-8,11H2,1-3H3,(H,24,25)/b10-9+,15-12+,20-16+. The lowest BCUT2D eigenvalue weighted by Gasteiger charge is -2.20. The van der Waals surface area contributed by atoms with Crippen LogP contribution in [-0.4, -0.2) is 17.7 Å². The molecule has 0 aliphatic heterocycles. The molecule has 0 atom stereocenters. The third-order valence-corrected chi connectivity index (χ3v) is 4.51. The SMILES string of the molecule is CCCOc1cc2c(cc1\C(C)=C(F)/C=C/C(C)=C/C(=O)O)CCCC2. The minimum atomic E-state index is -1.04. The first kappa shape index (κ1) is 20.0. The number of carboxylic acid groups (broad SMARTS) is 1. The number of hydrogen-bond acceptors (Lipinski definition) is 2. The number of benzene rings is 1. The molecule has 2 rings (SSSR count). The number of fused-ring (bicyclic) bond motifs is 1. The van der Waals surface area contributed by atoms with E-state index in [0.717, 1.165) is 43.1 Å². The van der Waals surface area contributed by atoms with Crippen LogP contribution in [0.3, 0.4) is 0 Å². The number of hydrogen-bond donors (Lipinski definition) is 1. The van der Waals surface area contributed by atoms with Crippen molar-refractivity contribution in [3.63, 3.8) is 0 Å². The number of carboxylic acids is 1. The summed E-state index contributed by atoms with van der Waals surface area (Å²) < 4.78 is 20.6. The molecule has 4 heteroatoms. The van der Waals surface area contributed by atoms with Gasteiger partial charge in [0.1, 0.15) is 11.6 Å². The fourth-order valence-electron chi connectivity index (χ4n) is 3.09. The van der Waals surface area contributed by atoms with Crippen LogP contribution in [0.2, 0.25) is 0 Å². The van der Waals surface area contributed by atoms with Crippen LogP contribution in [0.1, 0.15) is 56.7 Å². The van der Waals surface area contributed by atoms with E-state index in [-0.39, 0.29) is 5.83 Å². The Morgan fingerprint density at radius 1 is 1.19 bits per heavy atom. The fourth-order valence-corrected chi connectivity index (χ4v) is 3.09. The largest absolute Gasteiger partial charge is 0.493 e. The van der Waals surface area contributed by atoms with E-state index in [0.29, 0.717) is 17.8 Å². The van der Waals surface area contributed by atoms with Crippen molar-refractivity contribution < 1.29 is 19.0 Å². The highest BCUT2D eigenvalue weighted by Crippen LogP contribution is 2.35. The maximum absolute atomic E-state index is 14.7. The Labute approximate surface area is 154 Å². The van der Waals surface area contributed by atoms with Gasteiger partial charge in [-0.2, -0.15) is 0 Å². The molecule has 0 amide bonds. The lowest BCUT2D eigenvalue weighted by atomic mass is 9.88. The minimum absolute atomic E-state index is 0.389. The summed E-state index contributed by atoms with van der Waals surface area (Å²) in [5, 5.41) is 8.74. The molecule has 0 aromatic heterocycles. The van der Waals surface area contributed by atoms with Crippen LogP contribution in [0, 0.1) is 0 Å². The molecule has 0 saturated carbocycles. The van der Waals surface area contributed by atoms with Gasteiger partial charge in [0.15, 0.2) is 0 Å². The molecule has 0 radical (unpaired) electrons. The van der Waals surface area contributed by atoms with Gasteiger partial charge in [-0.15, -0.1) is 0 Å². The van der Waals surface area contributed by atoms with Gasteiger partial charge >= 0.3 is 5.97 Å². The summed E-state index contributed by atoms with van der Waals surface area (Å²) in [6, 6.07) is 4.12. The van der Waals surface area contributed by atoms with Crippen LogP contribution in [0.25, 0.3) is 5.57 Å². The van der Waals surface area contributed by atoms with Gasteiger partial charge in [0.2, 0.25) is 0 Å². The molecule has 3 nitrogen and oxygen atoms in total. The Morgan fingerprint density at radius 2 is 1.85 bits per heavy atom. The number of allylic oxidation sites excluding steroid dienone is 5. The molecule has 0 bridgehead atoms. The summed E-state index contributed by atoms with van der Waals surface area (Å²) in [6.45, 7) is 6.00. The van der Waals surface area contributed by atoms with Crippen molar-refractivity contribution in [2.45, 2.75) is 52.9 Å². The van der Waals surface area contributed by atoms with Crippen molar-refractivity contribution >= 4 is 11.5 Å². The van der Waals surface area contributed by atoms with Gasteiger partial charge in [-0.05, 0) is 86.4 Å². The van der Waals surface area contributed by atoms with Crippen molar-refractivity contribution in [2.24, 2.45) is 0 Å². The van der Waals surface area contributed by atoms with E-state index >= 15 is 0 Å². The average molecular weight is 358 g/mol. The molecule has 0 unspecified atom stereocenters. The molecule has 1 aliphatic carbocycles. The summed E-state index contributed by atoms with van der Waals surface area (Å²) in [4.78, 5) is 10.7. The van der Waals surface area contributed by atoms with Gasteiger partial charge in [-0.1, -0.05) is 13.0 Å². The zero-order valence-corrected chi connectivity index (χ0v) is 15.8. The second kappa shape index (κ2) is 9.37. The Hall–Kier alpha value is -2.36. The van der Waals surface area contributed by atoms with Crippen molar-refractivity contribution in [3.05, 3.63) is 58.5 Å². The number of ether oxygens (including phenoxy) is 1. The van der Waals surface area contributed by atoms with Gasteiger partial charge < -0.3 is 9.84 Å². The predicted octanol–water partition coefficient (Wildman–Crippen LogP) is 5.64. The van der Waals surface area contributed by atoms with Crippen molar-refractivity contribution in [1.82, 2.24) is 0 Å². The van der Waals surface area contributed by atoms with Crippen LogP contribution in [0.4, 0.5) is 4.39 Å². The van der Waals surface area contributed by atoms with E-state index < -0.39 is 5.97 Å². The summed E-state index contributed by atoms with van der Waals surface area (Å²) in [6.07, 6.45) is 9.12. The predicted molar refractivity (Wildman–Crippen MR) is 103 cm³/mol. The number of aliphatic carboxylic acids is 1. The summed E-state index contributed by atoms with van der Waals surface area (Å²) >= 11 is 0. The summed E-state index contributed by atoms with van der Waals surface area (Å²) in [5.74, 6) is -0.704. The minimum Gasteiger partial charge on any atom is -0.493 e. The van der Waals surface area contributed by atoms with E-state index in [2.05, 4.69) is 12.1 Å². The fraction of sp³-hybridized carbons (Fsp3) is 0.409. The van der Waals surface area contributed by atoms with Gasteiger partial charge in [0.25, 0.3) is 0 Å². The monoisotopic (exact) mass is 358 g/mol. The Balaban J connectivity index is 2.40. The number of rotatable bonds is 7. The molecule has 1 aromatic carbocycles. The Morgan fingerprint density at radius 3 is 2.46 bits per heavy atom. The van der Waals surface area contributed by atoms with Crippen LogP contribution in [0.5, 0.6) is 5.75 Å². The third-order valence-electron chi connectivity index (χ3n) is 4.51. The van der Waals surface area contributed by atoms with E-state index in [4.69, 9.17) is 9.84 Å². The first-order valence-corrected chi connectivity index (χ1v) is 9.17. The molecule has 26 heavy (non-hydrogen) atoms. The number of halogens is 1. The molecule has 1 N–H and O–H groups in total. The molecule has 1 aliphatic rings. The third kappa shape index (κ3) is 5.32. The van der Waals surface area contributed by atoms with Gasteiger partial charge in [-0.25, -0.2) is 9.18 Å². The van der Waals surface area contributed by atoms with Crippen LogP contribution < -0.4 is 4.74 Å². The molecule has 0 heterocycles. The average Bonchev–Trinajstić information content (AvgIpc) is 2.62. The number of aryl methyl sites for hydroxylation is 2. The zero-order valence-electron chi connectivity index (χ0n) is 15.8. The first-order valence-electron chi connectivity index (χ1n) is 9.17. The van der Waals surface area contributed by atoms with Gasteiger partial charge in [-0.3, -0.25) is 0 Å². The van der Waals surface area contributed by atoms with Crippen LogP contribution in [0.15, 0.2) is 41.8 Å². The van der Waals surface area contributed by atoms with Crippen molar-refractivity contribution in [1.29, 1.82) is 0 Å². The summed E-state index contributed by atoms with van der Waals surface area (Å²) in [5.41, 5.74) is 4.33. The Kier molecular flexibility index (Phi) is 7.19. The quantitative estimate of drug-likeness (QED) is 0.507. The second-order valence-electron chi connectivity index (χ2n) is 6.71. The molecule has 140 valence electrons. The maximum atomic E-state index is 14.7. The van der Waals surface area contributed by atoms with E-state index in [1.165, 1.54) is 29.7 Å². The normalized spacial score (nSPS) is 15.6. The Bertz CT molecular complexity index is 757. The first-order chi connectivity index (χ1) is 12.4. The molecule has 1 aromatic rings. The second-order valence-corrected chi connectivity index (χ2v) is 6.71. The van der Waals surface area contributed by atoms with E-state index in [1.807, 2.05) is 6.92 Å². The molecule has 0 fully saturated rings. The highest BCUT2D eigenvalue weighted by atomic mass is 19.1. The van der Waals surface area contributed by atoms with E-state index in [1.54, 1.807) is 13.8 Å². The van der Waals surface area contributed by atoms with E-state index in [9.17, 15) is 9.18 Å². The topological polar surface area (TPSA) is 46.5 Å². The maximum Gasteiger partial charge on any atom is 0.328 e. The lowest BCUT2D eigenvalue weighted by Crippen LogP contribution is -2.06. The van der Waals surface area contributed by atoms with Gasteiger partial charge in [0.05, 0.1) is 6.61 Å². The highest BCUT2D eigenvalue weighted by Gasteiger charge is 2.16. The summed E-state index contributed by atoms with van der Waals surface area (Å²) in [7, 11) is 0. The molecule has 0 saturated heterocycles. The zero-order chi connectivity index (χ0) is 19.1. The van der Waals surface area contributed by atoms with Crippen molar-refractivity contribution in [2.75, 3.05) is 6.61 Å². The highest BCUT2D eigenvalue weighted by molar-refractivity contribution is 5.81. The number of carbonyl (C=O) groups is 1. The molecule has 0 spiro atoms. The van der Waals surface area contributed by atoms with Crippen molar-refractivity contribution in [3.8, 4) is 5.75 Å². The molecular formula is C22H27FO3. The van der Waals surface area contributed by atoms with Crippen LogP contribution in [-0.2, 0) is 17.6 Å². The smallest absolute Gasteiger partial charge is 0.328 e. The molecular weight excluding hydrogens is 331 g/mol. The van der Waals surface area contributed by atoms with Gasteiger partial charge in [0, 0.05) is 11.6 Å². The van der Waals surface area contributed by atoms with Crippen LogP contribution >= 0.6 is 0 Å². The lowest BCUT2D eigenvalue weighted by molar-refractivity contribution is -0.131.